The quantitative estimate of drug-likeness (QED) is 0.244. The first kappa shape index (κ1) is 26.8. The van der Waals surface area contributed by atoms with Crippen LogP contribution in [0.5, 0.6) is 5.75 Å². The summed E-state index contributed by atoms with van der Waals surface area (Å²) < 4.78 is 5.93. The summed E-state index contributed by atoms with van der Waals surface area (Å²) in [5, 5.41) is 43.8. The number of aliphatic hydroxyl groups excluding tert-OH is 1. The highest BCUT2D eigenvalue weighted by Gasteiger charge is 2.66. The zero-order chi connectivity index (χ0) is 29.1. The number of carbonyl (C=O) groups is 2. The van der Waals surface area contributed by atoms with Gasteiger partial charge >= 0.3 is 0 Å². The van der Waals surface area contributed by atoms with E-state index in [0.29, 0.717) is 23.6 Å². The molecule has 1 spiro atoms. The average molecular weight is 562 g/mol. The molecule has 0 saturated carbocycles. The van der Waals surface area contributed by atoms with Crippen LogP contribution < -0.4 is 31.3 Å². The van der Waals surface area contributed by atoms with Crippen LogP contribution in [0.15, 0.2) is 36.4 Å². The molecular formula is C28H35N9O4. The van der Waals surface area contributed by atoms with E-state index in [4.69, 9.17) is 15.6 Å². The molecule has 4 aliphatic rings. The zero-order valence-corrected chi connectivity index (χ0v) is 23.2. The number of pyridine rings is 1. The predicted molar refractivity (Wildman–Crippen MR) is 150 cm³/mol. The van der Waals surface area contributed by atoms with Crippen LogP contribution in [0.1, 0.15) is 52.4 Å². The number of benzene rings is 1. The summed E-state index contributed by atoms with van der Waals surface area (Å²) in [4.78, 5) is 32.2. The van der Waals surface area contributed by atoms with E-state index in [-0.39, 0.29) is 47.9 Å². The average Bonchev–Trinajstić information content (AvgIpc) is 3.43. The second kappa shape index (κ2) is 9.61. The molecule has 216 valence electrons. The Kier molecular flexibility index (Phi) is 6.29. The number of fused-ring (bicyclic) bond motifs is 1. The van der Waals surface area contributed by atoms with Crippen molar-refractivity contribution in [3.05, 3.63) is 58.9 Å². The second-order valence-electron chi connectivity index (χ2n) is 11.7. The number of aromatic nitrogens is 1. The van der Waals surface area contributed by atoms with Crippen molar-refractivity contribution in [2.45, 2.75) is 62.5 Å². The molecule has 1 aromatic carbocycles. The lowest BCUT2D eigenvalue weighted by Crippen LogP contribution is -2.78. The molecule has 13 heteroatoms. The third-order valence-corrected chi connectivity index (χ3v) is 8.63. The van der Waals surface area contributed by atoms with Gasteiger partial charge in [0.05, 0.1) is 30.3 Å². The van der Waals surface area contributed by atoms with Crippen molar-refractivity contribution in [3.8, 4) is 5.75 Å². The van der Waals surface area contributed by atoms with Gasteiger partial charge < -0.3 is 41.3 Å². The maximum Gasteiger partial charge on any atom is 0.269 e. The second-order valence-corrected chi connectivity index (χ2v) is 11.7. The molecule has 4 aliphatic heterocycles. The first-order valence-corrected chi connectivity index (χ1v) is 13.7. The molecule has 41 heavy (non-hydrogen) atoms. The summed E-state index contributed by atoms with van der Waals surface area (Å²) >= 11 is 0. The van der Waals surface area contributed by atoms with E-state index in [2.05, 4.69) is 45.4 Å². The SMILES string of the molecule is Cc1cccc(C(=O)NC[C@@H]2NC(=N)N3CC(NC(=O)c4cccc5c4OCCC5(C)C)[C@@H](O)[C@@]34NC(=N)N[C@@H]24)n1. The van der Waals surface area contributed by atoms with Gasteiger partial charge in [0.25, 0.3) is 11.8 Å². The Balaban J connectivity index is 1.22. The number of carbonyl (C=O) groups excluding carboxylic acids is 2. The lowest BCUT2D eigenvalue weighted by Gasteiger charge is -2.49. The largest absolute Gasteiger partial charge is 0.492 e. The Morgan fingerprint density at radius 3 is 2.73 bits per heavy atom. The van der Waals surface area contributed by atoms with Crippen LogP contribution in [-0.4, -0.2) is 88.3 Å². The molecule has 1 aromatic heterocycles. The Bertz CT molecular complexity index is 1450. The number of hydrogen-bond donors (Lipinski definition) is 8. The van der Waals surface area contributed by atoms with Crippen LogP contribution in [0.25, 0.3) is 0 Å². The Hall–Kier alpha value is -4.39. The van der Waals surface area contributed by atoms with Gasteiger partial charge in [-0.2, -0.15) is 0 Å². The van der Waals surface area contributed by atoms with E-state index in [1.54, 1.807) is 36.1 Å². The molecule has 0 radical (unpaired) electrons. The Morgan fingerprint density at radius 2 is 1.95 bits per heavy atom. The lowest BCUT2D eigenvalue weighted by molar-refractivity contribution is 0.00611. The summed E-state index contributed by atoms with van der Waals surface area (Å²) in [7, 11) is 0. The fourth-order valence-corrected chi connectivity index (χ4v) is 6.46. The van der Waals surface area contributed by atoms with Gasteiger partial charge in [0, 0.05) is 24.3 Å². The van der Waals surface area contributed by atoms with Crippen LogP contribution in [0.2, 0.25) is 0 Å². The molecule has 0 bridgehead atoms. The van der Waals surface area contributed by atoms with E-state index in [1.807, 2.05) is 12.1 Å². The minimum absolute atomic E-state index is 0.0103. The number of amides is 2. The third-order valence-electron chi connectivity index (χ3n) is 8.63. The van der Waals surface area contributed by atoms with Crippen molar-refractivity contribution >= 4 is 23.7 Å². The van der Waals surface area contributed by atoms with Gasteiger partial charge in [-0.25, -0.2) is 4.98 Å². The molecule has 3 fully saturated rings. The standard InChI is InChI=1S/C28H35N9O4/c1-14-6-4-9-17(32-14)24(40)31-12-18-21-28(36-25(29)35-21)22(38)19(13-37(28)26(30)34-18)33-23(39)15-7-5-8-16-20(15)41-11-10-27(16,2)3/h4-9,18-19,21-22,38H,10-13H2,1-3H3,(H2,30,34)(H,31,40)(H,33,39)(H3,29,35,36)/t18-,19?,21-,22+,28-/m0/s1. The Morgan fingerprint density at radius 1 is 1.17 bits per heavy atom. The van der Waals surface area contributed by atoms with Crippen LogP contribution >= 0.6 is 0 Å². The fourth-order valence-electron chi connectivity index (χ4n) is 6.46. The van der Waals surface area contributed by atoms with E-state index in [9.17, 15) is 14.7 Å². The van der Waals surface area contributed by atoms with Crippen molar-refractivity contribution in [3.63, 3.8) is 0 Å². The normalized spacial score (nSPS) is 29.1. The highest BCUT2D eigenvalue weighted by Crippen LogP contribution is 2.41. The summed E-state index contributed by atoms with van der Waals surface area (Å²) in [5.41, 5.74) is 0.925. The molecule has 0 aliphatic carbocycles. The molecule has 8 N–H and O–H groups in total. The van der Waals surface area contributed by atoms with E-state index in [1.165, 1.54) is 0 Å². The Labute approximate surface area is 237 Å². The van der Waals surface area contributed by atoms with Crippen molar-refractivity contribution < 1.29 is 19.4 Å². The van der Waals surface area contributed by atoms with Crippen LogP contribution in [-0.2, 0) is 5.41 Å². The lowest BCUT2D eigenvalue weighted by atomic mass is 9.79. The number of aryl methyl sites for hydroxylation is 1. The monoisotopic (exact) mass is 561 g/mol. The maximum absolute atomic E-state index is 13.5. The molecule has 3 saturated heterocycles. The van der Waals surface area contributed by atoms with Crippen LogP contribution in [0.4, 0.5) is 0 Å². The minimum atomic E-state index is -1.29. The molecule has 2 amide bonds. The van der Waals surface area contributed by atoms with Gasteiger partial charge in [-0.15, -0.1) is 0 Å². The highest BCUT2D eigenvalue weighted by atomic mass is 16.5. The van der Waals surface area contributed by atoms with Crippen molar-refractivity contribution in [1.29, 1.82) is 10.8 Å². The topological polar surface area (TPSA) is 188 Å². The van der Waals surface area contributed by atoms with Crippen molar-refractivity contribution in [2.75, 3.05) is 19.7 Å². The first-order chi connectivity index (χ1) is 19.5. The van der Waals surface area contributed by atoms with Gasteiger partial charge in [-0.1, -0.05) is 32.0 Å². The van der Waals surface area contributed by atoms with Gasteiger partial charge in [0.2, 0.25) is 0 Å². The molecule has 13 nitrogen and oxygen atoms in total. The molecular weight excluding hydrogens is 526 g/mol. The summed E-state index contributed by atoms with van der Waals surface area (Å²) in [6, 6.07) is 8.77. The molecule has 2 aromatic rings. The van der Waals surface area contributed by atoms with Gasteiger partial charge in [-0.3, -0.25) is 20.4 Å². The zero-order valence-electron chi connectivity index (χ0n) is 23.2. The third kappa shape index (κ3) is 4.31. The number of ether oxygens (including phenoxy) is 1. The van der Waals surface area contributed by atoms with Crippen molar-refractivity contribution in [1.82, 2.24) is 36.5 Å². The smallest absolute Gasteiger partial charge is 0.269 e. The van der Waals surface area contributed by atoms with Crippen molar-refractivity contribution in [2.24, 2.45) is 0 Å². The molecule has 5 atom stereocenters. The van der Waals surface area contributed by atoms with Gasteiger partial charge in [0.15, 0.2) is 17.6 Å². The number of guanidine groups is 2. The highest BCUT2D eigenvalue weighted by molar-refractivity contribution is 5.98. The molecule has 5 heterocycles. The maximum atomic E-state index is 13.5. The minimum Gasteiger partial charge on any atom is -0.492 e. The van der Waals surface area contributed by atoms with Crippen LogP contribution in [0, 0.1) is 17.7 Å². The van der Waals surface area contributed by atoms with E-state index >= 15 is 0 Å². The van der Waals surface area contributed by atoms with E-state index in [0.717, 1.165) is 12.0 Å². The number of nitrogens with one attached hydrogen (secondary N) is 7. The number of aliphatic hydroxyl groups is 1. The fraction of sp³-hybridized carbons (Fsp3) is 0.464. The molecule has 1 unspecified atom stereocenters. The predicted octanol–water partition coefficient (Wildman–Crippen LogP) is -0.246. The van der Waals surface area contributed by atoms with Crippen LogP contribution in [0.3, 0.4) is 0 Å². The van der Waals surface area contributed by atoms with Gasteiger partial charge in [0.1, 0.15) is 17.5 Å². The van der Waals surface area contributed by atoms with E-state index < -0.39 is 29.9 Å². The number of hydrogen-bond acceptors (Lipinski definition) is 7. The summed E-state index contributed by atoms with van der Waals surface area (Å²) in [6.07, 6.45) is -0.350. The first-order valence-electron chi connectivity index (χ1n) is 13.7. The molecule has 6 rings (SSSR count). The van der Waals surface area contributed by atoms with Gasteiger partial charge in [-0.05, 0) is 37.0 Å². The number of para-hydroxylation sites is 1. The number of rotatable bonds is 5. The number of nitrogens with zero attached hydrogens (tertiary/aromatic N) is 2. The summed E-state index contributed by atoms with van der Waals surface area (Å²) in [6.45, 7) is 6.79. The summed E-state index contributed by atoms with van der Waals surface area (Å²) in [5.74, 6) is -0.207.